The largest absolute Gasteiger partial charge is 0.491 e. The van der Waals surface area contributed by atoms with Gasteiger partial charge in [0.05, 0.1) is 23.3 Å². The second-order valence-corrected chi connectivity index (χ2v) is 10.4. The average molecular weight is 418 g/mol. The minimum atomic E-state index is -0.494. The summed E-state index contributed by atoms with van der Waals surface area (Å²) in [6, 6.07) is 0.220. The van der Waals surface area contributed by atoms with E-state index in [0.717, 1.165) is 11.9 Å². The number of piperazine rings is 1. The third kappa shape index (κ3) is 4.42. The summed E-state index contributed by atoms with van der Waals surface area (Å²) in [5.41, 5.74) is -0.414. The first-order valence-corrected chi connectivity index (χ1v) is 10.6. The number of fused-ring (bicyclic) bond motifs is 2. The fraction of sp³-hybridized carbons (Fsp3) is 0.762. The van der Waals surface area contributed by atoms with Gasteiger partial charge in [-0.3, -0.25) is 4.90 Å². The van der Waals surface area contributed by atoms with Crippen LogP contribution in [0.25, 0.3) is 0 Å². The highest BCUT2D eigenvalue weighted by Crippen LogP contribution is 2.38. The fourth-order valence-corrected chi connectivity index (χ4v) is 3.86. The summed E-state index contributed by atoms with van der Waals surface area (Å²) in [5, 5.41) is 0. The molecule has 4 aliphatic rings. The first kappa shape index (κ1) is 22.8. The zero-order valence-corrected chi connectivity index (χ0v) is 19.6. The first-order chi connectivity index (χ1) is 13.7. The van der Waals surface area contributed by atoms with Crippen LogP contribution < -0.4 is 0 Å². The molecule has 0 spiro atoms. The number of hydrogen-bond acceptors (Lipinski definition) is 5. The minimum Gasteiger partial charge on any atom is -0.444 e. The van der Waals surface area contributed by atoms with Crippen molar-refractivity contribution in [2.75, 3.05) is 13.1 Å². The summed E-state index contributed by atoms with van der Waals surface area (Å²) in [4.78, 5) is 25.0. The van der Waals surface area contributed by atoms with Gasteiger partial charge in [-0.05, 0) is 74.0 Å². The molecule has 9 heteroatoms. The van der Waals surface area contributed by atoms with Crippen LogP contribution >= 0.6 is 0 Å². The SMILES string of the molecule is C=N/C(=N\C=C(/C)B1OC(C)(C)C(C)(C)O1)N1CC2CC(C1)N2C(=O)OC(C)(C)C. The molecule has 4 fully saturated rings. The van der Waals surface area contributed by atoms with E-state index in [2.05, 4.69) is 21.6 Å². The number of carbonyl (C=O) groups is 1. The van der Waals surface area contributed by atoms with Crippen molar-refractivity contribution in [2.45, 2.75) is 90.7 Å². The van der Waals surface area contributed by atoms with Crippen LogP contribution in [-0.2, 0) is 14.0 Å². The van der Waals surface area contributed by atoms with Crippen molar-refractivity contribution in [3.05, 3.63) is 11.7 Å². The molecule has 4 aliphatic heterocycles. The normalized spacial score (nSPS) is 28.3. The van der Waals surface area contributed by atoms with E-state index in [-0.39, 0.29) is 18.2 Å². The van der Waals surface area contributed by atoms with Crippen molar-refractivity contribution in [3.8, 4) is 0 Å². The van der Waals surface area contributed by atoms with Gasteiger partial charge in [0.15, 0.2) is 0 Å². The van der Waals surface area contributed by atoms with E-state index >= 15 is 0 Å². The standard InChI is InChI=1S/C21H35BN4O4/c1-14(22-29-20(5,6)21(7,8)30-22)11-24-17(23-9)25-12-15-10-16(13-25)26(15)18(27)28-19(2,3)4/h11,15-16H,9-10,12-13H2,1-8H3/b14-11+,24-17+. The van der Waals surface area contributed by atoms with E-state index in [1.54, 1.807) is 6.20 Å². The van der Waals surface area contributed by atoms with Crippen molar-refractivity contribution in [2.24, 2.45) is 9.98 Å². The van der Waals surface area contributed by atoms with Gasteiger partial charge < -0.3 is 18.9 Å². The Hall–Kier alpha value is -1.87. The van der Waals surface area contributed by atoms with Crippen LogP contribution in [-0.4, -0.2) is 77.7 Å². The molecule has 8 nitrogen and oxygen atoms in total. The Bertz CT molecular complexity index is 743. The van der Waals surface area contributed by atoms with Gasteiger partial charge in [-0.1, -0.05) is 0 Å². The highest BCUT2D eigenvalue weighted by molar-refractivity contribution is 6.54. The Kier molecular flexibility index (Phi) is 5.84. The predicted molar refractivity (Wildman–Crippen MR) is 119 cm³/mol. The van der Waals surface area contributed by atoms with Crippen molar-refractivity contribution in [3.63, 3.8) is 0 Å². The van der Waals surface area contributed by atoms with Gasteiger partial charge in [0.25, 0.3) is 0 Å². The number of allylic oxidation sites excluding steroid dienone is 1. The van der Waals surface area contributed by atoms with E-state index in [0.29, 0.717) is 19.0 Å². The molecule has 2 atom stereocenters. The number of nitrogens with zero attached hydrogens (tertiary/aromatic N) is 4. The number of guanidine groups is 1. The molecule has 0 aromatic heterocycles. The predicted octanol–water partition coefficient (Wildman–Crippen LogP) is 3.27. The van der Waals surface area contributed by atoms with Crippen LogP contribution in [0.1, 0.15) is 61.8 Å². The van der Waals surface area contributed by atoms with Crippen LogP contribution in [0.15, 0.2) is 21.7 Å². The maximum Gasteiger partial charge on any atom is 0.491 e. The van der Waals surface area contributed by atoms with Crippen LogP contribution in [0.2, 0.25) is 0 Å². The molecule has 166 valence electrons. The van der Waals surface area contributed by atoms with Gasteiger partial charge in [0.1, 0.15) is 5.60 Å². The molecule has 4 rings (SSSR count). The molecule has 2 bridgehead atoms. The summed E-state index contributed by atoms with van der Waals surface area (Å²) in [6.07, 6.45) is 2.46. The average Bonchev–Trinajstić information content (AvgIpc) is 2.81. The summed E-state index contributed by atoms with van der Waals surface area (Å²) >= 11 is 0. The Labute approximate surface area is 180 Å². The van der Waals surface area contributed by atoms with Gasteiger partial charge in [-0.25, -0.2) is 14.8 Å². The van der Waals surface area contributed by atoms with Gasteiger partial charge >= 0.3 is 13.2 Å². The number of amides is 1. The zero-order chi connectivity index (χ0) is 22.5. The van der Waals surface area contributed by atoms with Crippen LogP contribution in [0.4, 0.5) is 4.79 Å². The number of hydrogen-bond donors (Lipinski definition) is 0. The quantitative estimate of drug-likeness (QED) is 0.391. The number of piperidine rings is 1. The first-order valence-electron chi connectivity index (χ1n) is 10.6. The lowest BCUT2D eigenvalue weighted by Gasteiger charge is -2.55. The van der Waals surface area contributed by atoms with E-state index in [1.165, 1.54) is 0 Å². The smallest absolute Gasteiger partial charge is 0.444 e. The summed E-state index contributed by atoms with van der Waals surface area (Å²) in [7, 11) is -0.442. The molecule has 0 aliphatic carbocycles. The lowest BCUT2D eigenvalue weighted by Crippen LogP contribution is -2.71. The zero-order valence-electron chi connectivity index (χ0n) is 19.6. The molecule has 4 saturated heterocycles. The Morgan fingerprint density at radius 3 is 2.17 bits per heavy atom. The fourth-order valence-electron chi connectivity index (χ4n) is 3.86. The second kappa shape index (κ2) is 7.68. The molecular formula is C21H35BN4O4. The maximum atomic E-state index is 12.4. The maximum absolute atomic E-state index is 12.4. The summed E-state index contributed by atoms with van der Waals surface area (Å²) < 4.78 is 17.7. The minimum absolute atomic E-state index is 0.110. The van der Waals surface area contributed by atoms with Crippen molar-refractivity contribution < 1.29 is 18.8 Å². The molecule has 0 radical (unpaired) electrons. The van der Waals surface area contributed by atoms with Crippen LogP contribution in [0, 0.1) is 0 Å². The third-order valence-electron chi connectivity index (χ3n) is 6.23. The Balaban J connectivity index is 1.64. The number of carbonyl (C=O) groups excluding carboxylic acids is 1. The molecule has 0 N–H and O–H groups in total. The molecule has 0 aromatic rings. The Morgan fingerprint density at radius 2 is 1.70 bits per heavy atom. The van der Waals surface area contributed by atoms with E-state index in [1.807, 2.05) is 60.3 Å². The highest BCUT2D eigenvalue weighted by Gasteiger charge is 2.52. The second-order valence-electron chi connectivity index (χ2n) is 10.4. The van der Waals surface area contributed by atoms with E-state index in [4.69, 9.17) is 14.0 Å². The monoisotopic (exact) mass is 418 g/mol. The Morgan fingerprint density at radius 1 is 1.17 bits per heavy atom. The molecule has 4 heterocycles. The van der Waals surface area contributed by atoms with Gasteiger partial charge in [-0.15, -0.1) is 0 Å². The molecule has 0 aromatic carbocycles. The summed E-state index contributed by atoms with van der Waals surface area (Å²) in [5.74, 6) is 0.546. The van der Waals surface area contributed by atoms with Crippen LogP contribution in [0.3, 0.4) is 0 Å². The van der Waals surface area contributed by atoms with E-state index in [9.17, 15) is 4.79 Å². The highest BCUT2D eigenvalue weighted by atomic mass is 16.7. The number of rotatable bonds is 2. The van der Waals surface area contributed by atoms with Gasteiger partial charge in [0.2, 0.25) is 5.96 Å². The molecule has 1 amide bonds. The van der Waals surface area contributed by atoms with Crippen molar-refractivity contribution in [1.82, 2.24) is 9.80 Å². The molecule has 0 saturated carbocycles. The van der Waals surface area contributed by atoms with Crippen LogP contribution in [0.5, 0.6) is 0 Å². The van der Waals surface area contributed by atoms with Crippen molar-refractivity contribution in [1.29, 1.82) is 0 Å². The lowest BCUT2D eigenvalue weighted by atomic mass is 9.80. The van der Waals surface area contributed by atoms with E-state index < -0.39 is 23.9 Å². The molecule has 2 unspecified atom stereocenters. The lowest BCUT2D eigenvalue weighted by molar-refractivity contribution is -0.0627. The van der Waals surface area contributed by atoms with Gasteiger partial charge in [0, 0.05) is 19.3 Å². The third-order valence-corrected chi connectivity index (χ3v) is 6.23. The number of aliphatic imine (C=N–C) groups is 2. The molecule has 30 heavy (non-hydrogen) atoms. The molecular weight excluding hydrogens is 383 g/mol. The number of ether oxygens (including phenoxy) is 1. The summed E-state index contributed by atoms with van der Waals surface area (Å²) in [6.45, 7) is 20.7. The topological polar surface area (TPSA) is 76.0 Å². The van der Waals surface area contributed by atoms with Gasteiger partial charge in [-0.2, -0.15) is 0 Å². The van der Waals surface area contributed by atoms with Crippen molar-refractivity contribution >= 4 is 25.9 Å².